The Balaban J connectivity index is 1.63. The molecular weight excluding hydrogens is 562 g/mol. The molecule has 1 aromatic heterocycles. The summed E-state index contributed by atoms with van der Waals surface area (Å²) in [6.07, 6.45) is -0.804. The van der Waals surface area contributed by atoms with Crippen LogP contribution in [-0.4, -0.2) is 79.8 Å². The van der Waals surface area contributed by atoms with E-state index < -0.39 is 38.6 Å². The Labute approximate surface area is 235 Å². The van der Waals surface area contributed by atoms with Gasteiger partial charge in [-0.2, -0.15) is 8.99 Å². The van der Waals surface area contributed by atoms with Gasteiger partial charge in [0, 0.05) is 49.4 Å². The molecular formula is C26H30F2N6O6S. The Bertz CT molecular complexity index is 1560. The fraction of sp³-hybridized carbons (Fsp3) is 0.346. The highest BCUT2D eigenvalue weighted by Gasteiger charge is 2.35. The van der Waals surface area contributed by atoms with Crippen LogP contribution in [0.15, 0.2) is 41.3 Å². The number of benzene rings is 2. The van der Waals surface area contributed by atoms with Gasteiger partial charge in [-0.05, 0) is 45.3 Å². The van der Waals surface area contributed by atoms with Crippen LogP contribution in [0, 0.1) is 11.6 Å². The number of fused-ring (bicyclic) bond motifs is 1. The molecule has 3 N–H and O–H groups in total. The second kappa shape index (κ2) is 12.2. The predicted octanol–water partition coefficient (Wildman–Crippen LogP) is 2.69. The number of hydrogen-bond acceptors (Lipinski definition) is 9. The minimum atomic E-state index is -4.34. The third-order valence-corrected chi connectivity index (χ3v) is 8.07. The molecule has 0 aliphatic carbocycles. The van der Waals surface area contributed by atoms with E-state index in [-0.39, 0.29) is 48.7 Å². The smallest absolute Gasteiger partial charge is 0.434 e. The van der Waals surface area contributed by atoms with Crippen molar-refractivity contribution in [2.45, 2.75) is 24.8 Å². The number of hydrogen-bond donors (Lipinski definition) is 2. The molecule has 0 spiro atoms. The summed E-state index contributed by atoms with van der Waals surface area (Å²) in [5.41, 5.74) is 6.88. The zero-order valence-corrected chi connectivity index (χ0v) is 23.5. The molecule has 0 radical (unpaired) electrons. The lowest BCUT2D eigenvalue weighted by molar-refractivity contribution is 0.102. The van der Waals surface area contributed by atoms with E-state index >= 15 is 0 Å². The molecule has 3 aromatic rings. The number of ether oxygens (including phenoxy) is 2. The maximum absolute atomic E-state index is 13.8. The van der Waals surface area contributed by atoms with Crippen LogP contribution in [0.3, 0.4) is 0 Å². The average molecular weight is 593 g/mol. The van der Waals surface area contributed by atoms with E-state index in [1.807, 2.05) is 19.0 Å². The lowest BCUT2D eigenvalue weighted by Gasteiger charge is -2.27. The number of aromatic nitrogens is 2. The molecule has 4 rings (SSSR count). The van der Waals surface area contributed by atoms with Gasteiger partial charge >= 0.3 is 6.09 Å². The summed E-state index contributed by atoms with van der Waals surface area (Å²) in [7, 11) is -0.531. The maximum Gasteiger partial charge on any atom is 0.434 e. The van der Waals surface area contributed by atoms with Crippen LogP contribution in [0.25, 0.3) is 0 Å². The first-order chi connectivity index (χ1) is 19.4. The van der Waals surface area contributed by atoms with Gasteiger partial charge in [0.2, 0.25) is 10.0 Å². The predicted molar refractivity (Wildman–Crippen MR) is 145 cm³/mol. The van der Waals surface area contributed by atoms with Crippen LogP contribution < -0.4 is 15.8 Å². The van der Waals surface area contributed by atoms with Crippen molar-refractivity contribution in [1.29, 1.82) is 0 Å². The molecule has 1 aliphatic rings. The molecule has 12 nitrogen and oxygen atoms in total. The summed E-state index contributed by atoms with van der Waals surface area (Å²) in [5.74, 6) is -2.37. The lowest BCUT2D eigenvalue weighted by Crippen LogP contribution is -2.37. The number of anilines is 2. The van der Waals surface area contributed by atoms with Gasteiger partial charge in [0.15, 0.2) is 5.82 Å². The van der Waals surface area contributed by atoms with Crippen molar-refractivity contribution in [3.05, 3.63) is 64.9 Å². The molecule has 0 unspecified atom stereocenters. The number of nitrogens with zero attached hydrogens (tertiary/aromatic N) is 4. The van der Waals surface area contributed by atoms with Crippen LogP contribution in [0.1, 0.15) is 28.5 Å². The van der Waals surface area contributed by atoms with Gasteiger partial charge in [0.25, 0.3) is 5.91 Å². The lowest BCUT2D eigenvalue weighted by atomic mass is 10.1. The molecule has 0 atom stereocenters. The number of carbonyl (C=O) groups is 2. The number of amides is 1. The molecule has 2 aromatic carbocycles. The van der Waals surface area contributed by atoms with E-state index in [9.17, 15) is 26.8 Å². The highest BCUT2D eigenvalue weighted by Crippen LogP contribution is 2.31. The van der Waals surface area contributed by atoms with E-state index in [0.717, 1.165) is 21.1 Å². The second-order valence-electron chi connectivity index (χ2n) is 9.43. The highest BCUT2D eigenvalue weighted by molar-refractivity contribution is 7.89. The van der Waals surface area contributed by atoms with Gasteiger partial charge in [-0.15, -0.1) is 5.10 Å². The Kier molecular flexibility index (Phi) is 8.89. The third-order valence-electron chi connectivity index (χ3n) is 6.24. The summed E-state index contributed by atoms with van der Waals surface area (Å²) < 4.78 is 66.7. The van der Waals surface area contributed by atoms with Crippen molar-refractivity contribution in [3.63, 3.8) is 0 Å². The van der Waals surface area contributed by atoms with Crippen molar-refractivity contribution < 1.29 is 36.3 Å². The minimum absolute atomic E-state index is 0.00910. The number of nitrogen functional groups attached to an aromatic ring is 1. The van der Waals surface area contributed by atoms with Crippen LogP contribution in [-0.2, 0) is 27.7 Å². The summed E-state index contributed by atoms with van der Waals surface area (Å²) in [6.45, 7) is 2.31. The Morgan fingerprint density at radius 1 is 1.15 bits per heavy atom. The topological polar surface area (TPSA) is 149 Å². The number of carbonyl (C=O) groups excluding carboxylic acids is 2. The number of likely N-dealkylation sites (N-methyl/N-ethyl adjacent to an activating group) is 1. The first-order valence-corrected chi connectivity index (χ1v) is 14.1. The maximum atomic E-state index is 13.8. The van der Waals surface area contributed by atoms with E-state index in [1.165, 1.54) is 12.1 Å². The molecule has 0 fully saturated rings. The monoisotopic (exact) mass is 592 g/mol. The number of halogens is 2. The Morgan fingerprint density at radius 2 is 1.85 bits per heavy atom. The SMILES string of the molecule is CCOC(=O)n1nc(NC(=O)c2ccc(OCCN(C)C)cc2N)c2c1CCN(S(=O)(=O)c1cc(F)cc(F)c1)C2. The van der Waals surface area contributed by atoms with E-state index in [0.29, 0.717) is 30.7 Å². The van der Waals surface area contributed by atoms with E-state index in [1.54, 1.807) is 13.0 Å². The first kappa shape index (κ1) is 29.9. The zero-order valence-electron chi connectivity index (χ0n) is 22.7. The van der Waals surface area contributed by atoms with Gasteiger partial charge in [0.05, 0.1) is 22.8 Å². The zero-order chi connectivity index (χ0) is 29.9. The number of sulfonamides is 1. The molecule has 1 amide bonds. The standard InChI is InChI=1S/C26H30F2N6O6S/c1-4-39-26(36)34-23-7-8-33(41(37,38)19-12-16(27)11-17(28)13-19)15-21(23)24(31-34)30-25(35)20-6-5-18(14-22(20)29)40-10-9-32(2)3/h5-6,11-14H,4,7-10,15,29H2,1-3H3,(H,30,31,35). The van der Waals surface area contributed by atoms with Crippen molar-refractivity contribution >= 4 is 33.5 Å². The number of nitrogens with one attached hydrogen (secondary N) is 1. The highest BCUT2D eigenvalue weighted by atomic mass is 32.2. The summed E-state index contributed by atoms with van der Waals surface area (Å²) in [4.78, 5) is 27.2. The van der Waals surface area contributed by atoms with Crippen molar-refractivity contribution in [2.75, 3.05) is 51.4 Å². The quantitative estimate of drug-likeness (QED) is 0.358. The van der Waals surface area contributed by atoms with Crippen LogP contribution >= 0.6 is 0 Å². The average Bonchev–Trinajstić information content (AvgIpc) is 3.25. The molecule has 1 aliphatic heterocycles. The van der Waals surface area contributed by atoms with Gasteiger partial charge < -0.3 is 25.4 Å². The van der Waals surface area contributed by atoms with E-state index in [4.69, 9.17) is 15.2 Å². The van der Waals surface area contributed by atoms with Gasteiger partial charge in [-0.25, -0.2) is 22.0 Å². The van der Waals surface area contributed by atoms with Gasteiger partial charge in [-0.3, -0.25) is 4.79 Å². The fourth-order valence-corrected chi connectivity index (χ4v) is 5.67. The summed E-state index contributed by atoms with van der Waals surface area (Å²) in [6, 6.07) is 6.56. The normalized spacial score (nSPS) is 13.6. The van der Waals surface area contributed by atoms with Crippen LogP contribution in [0.4, 0.5) is 25.1 Å². The molecule has 0 saturated carbocycles. The molecule has 220 valence electrons. The van der Waals surface area contributed by atoms with Crippen LogP contribution in [0.2, 0.25) is 0 Å². The van der Waals surface area contributed by atoms with Crippen molar-refractivity contribution in [3.8, 4) is 5.75 Å². The van der Waals surface area contributed by atoms with E-state index in [2.05, 4.69) is 10.4 Å². The fourth-order valence-electron chi connectivity index (χ4n) is 4.22. The van der Waals surface area contributed by atoms with Crippen molar-refractivity contribution in [2.24, 2.45) is 0 Å². The van der Waals surface area contributed by atoms with Gasteiger partial charge in [0.1, 0.15) is 24.0 Å². The molecule has 41 heavy (non-hydrogen) atoms. The Morgan fingerprint density at radius 3 is 2.49 bits per heavy atom. The minimum Gasteiger partial charge on any atom is -0.492 e. The molecule has 15 heteroatoms. The second-order valence-corrected chi connectivity index (χ2v) is 11.4. The first-order valence-electron chi connectivity index (χ1n) is 12.6. The third kappa shape index (κ3) is 6.64. The number of rotatable bonds is 9. The molecule has 0 saturated heterocycles. The molecule has 0 bridgehead atoms. The summed E-state index contributed by atoms with van der Waals surface area (Å²) >= 11 is 0. The van der Waals surface area contributed by atoms with Crippen molar-refractivity contribution in [1.82, 2.24) is 19.0 Å². The Hall–Kier alpha value is -4.08. The molecule has 2 heterocycles. The van der Waals surface area contributed by atoms with Crippen LogP contribution in [0.5, 0.6) is 5.75 Å². The largest absolute Gasteiger partial charge is 0.492 e. The van der Waals surface area contributed by atoms with Gasteiger partial charge in [-0.1, -0.05) is 0 Å². The number of nitrogens with two attached hydrogens (primary N) is 1. The summed E-state index contributed by atoms with van der Waals surface area (Å²) in [5, 5.41) is 6.80.